The number of anilines is 1. The normalized spacial score (nSPS) is 16.7. The van der Waals surface area contributed by atoms with Gasteiger partial charge in [0.2, 0.25) is 5.82 Å². The van der Waals surface area contributed by atoms with Gasteiger partial charge in [-0.25, -0.2) is 0 Å². The number of fused-ring (bicyclic) bond motifs is 2. The van der Waals surface area contributed by atoms with Gasteiger partial charge in [-0.1, -0.05) is 24.6 Å². The predicted octanol–water partition coefficient (Wildman–Crippen LogP) is 2.19. The van der Waals surface area contributed by atoms with Crippen molar-refractivity contribution in [3.63, 3.8) is 0 Å². The van der Waals surface area contributed by atoms with Crippen LogP contribution < -0.4 is 10.2 Å². The molecule has 1 aromatic heterocycles. The number of hydrogen-bond donors (Lipinski definition) is 1. The lowest BCUT2D eigenvalue weighted by atomic mass is 10.0. The van der Waals surface area contributed by atoms with Crippen molar-refractivity contribution >= 4 is 11.6 Å². The van der Waals surface area contributed by atoms with Crippen LogP contribution in [0.2, 0.25) is 0 Å². The second-order valence-corrected chi connectivity index (χ2v) is 6.88. The van der Waals surface area contributed by atoms with E-state index >= 15 is 0 Å². The van der Waals surface area contributed by atoms with Crippen LogP contribution in [0.4, 0.5) is 5.69 Å². The molecule has 0 spiro atoms. The fraction of sp³-hybridized carbons (Fsp3) is 0.526. The summed E-state index contributed by atoms with van der Waals surface area (Å²) in [4.78, 5) is 14.9. The van der Waals surface area contributed by atoms with E-state index in [9.17, 15) is 4.79 Å². The Hall–Kier alpha value is -2.37. The Kier molecular flexibility index (Phi) is 4.68. The van der Waals surface area contributed by atoms with Crippen molar-refractivity contribution < 1.29 is 4.79 Å². The third-order valence-electron chi connectivity index (χ3n) is 5.19. The second-order valence-electron chi connectivity index (χ2n) is 6.88. The van der Waals surface area contributed by atoms with Gasteiger partial charge >= 0.3 is 0 Å². The number of nitrogens with zero attached hydrogens (tertiary/aromatic N) is 4. The van der Waals surface area contributed by atoms with Crippen molar-refractivity contribution in [1.29, 1.82) is 0 Å². The molecular weight excluding hydrogens is 314 g/mol. The van der Waals surface area contributed by atoms with E-state index in [0.29, 0.717) is 12.4 Å². The van der Waals surface area contributed by atoms with Gasteiger partial charge in [0, 0.05) is 38.3 Å². The van der Waals surface area contributed by atoms with E-state index < -0.39 is 0 Å². The lowest BCUT2D eigenvalue weighted by molar-refractivity contribution is 0.0939. The van der Waals surface area contributed by atoms with E-state index in [1.807, 2.05) is 4.57 Å². The zero-order chi connectivity index (χ0) is 17.1. The quantitative estimate of drug-likeness (QED) is 0.927. The molecule has 6 nitrogen and oxygen atoms in total. The summed E-state index contributed by atoms with van der Waals surface area (Å²) in [6.07, 6.45) is 6.65. The SMILES string of the molecule is O=C(NCCN1CCCc2ccccc21)c1nnc2n1CCCCC2. The fourth-order valence-electron chi connectivity index (χ4n) is 3.88. The molecule has 2 aliphatic rings. The highest BCUT2D eigenvalue weighted by atomic mass is 16.2. The molecule has 1 N–H and O–H groups in total. The van der Waals surface area contributed by atoms with Crippen LogP contribution >= 0.6 is 0 Å². The predicted molar refractivity (Wildman–Crippen MR) is 96.9 cm³/mol. The van der Waals surface area contributed by atoms with E-state index in [0.717, 1.165) is 51.1 Å². The van der Waals surface area contributed by atoms with E-state index in [-0.39, 0.29) is 5.91 Å². The van der Waals surface area contributed by atoms with Gasteiger partial charge in [-0.05, 0) is 37.3 Å². The van der Waals surface area contributed by atoms with Crippen LogP contribution in [0.15, 0.2) is 24.3 Å². The van der Waals surface area contributed by atoms with Gasteiger partial charge in [0.15, 0.2) is 0 Å². The van der Waals surface area contributed by atoms with Crippen molar-refractivity contribution in [2.45, 2.75) is 45.1 Å². The molecule has 0 radical (unpaired) electrons. The number of para-hydroxylation sites is 1. The summed E-state index contributed by atoms with van der Waals surface area (Å²) >= 11 is 0. The van der Waals surface area contributed by atoms with Gasteiger partial charge in [0.1, 0.15) is 5.82 Å². The molecule has 1 amide bonds. The zero-order valence-corrected chi connectivity index (χ0v) is 14.6. The molecule has 0 bridgehead atoms. The molecule has 0 fully saturated rings. The van der Waals surface area contributed by atoms with Gasteiger partial charge in [-0.2, -0.15) is 0 Å². The molecule has 2 aromatic rings. The number of amides is 1. The average molecular weight is 339 g/mol. The smallest absolute Gasteiger partial charge is 0.289 e. The highest BCUT2D eigenvalue weighted by Gasteiger charge is 2.20. The number of aryl methyl sites for hydroxylation is 2. The van der Waals surface area contributed by atoms with Crippen molar-refractivity contribution in [2.75, 3.05) is 24.5 Å². The second kappa shape index (κ2) is 7.25. The minimum atomic E-state index is -0.106. The maximum absolute atomic E-state index is 12.5. The van der Waals surface area contributed by atoms with Gasteiger partial charge in [-0.3, -0.25) is 4.79 Å². The van der Waals surface area contributed by atoms with Crippen molar-refractivity contribution in [2.24, 2.45) is 0 Å². The van der Waals surface area contributed by atoms with Gasteiger partial charge in [0.25, 0.3) is 5.91 Å². The van der Waals surface area contributed by atoms with E-state index in [1.165, 1.54) is 24.1 Å². The monoisotopic (exact) mass is 339 g/mol. The molecule has 1 aromatic carbocycles. The molecule has 0 saturated carbocycles. The van der Waals surface area contributed by atoms with Crippen molar-refractivity contribution in [3.8, 4) is 0 Å². The summed E-state index contributed by atoms with van der Waals surface area (Å²) < 4.78 is 2.00. The van der Waals surface area contributed by atoms with Crippen LogP contribution in [-0.2, 0) is 19.4 Å². The first-order valence-corrected chi connectivity index (χ1v) is 9.36. The number of carbonyl (C=O) groups excluding carboxylic acids is 1. The molecule has 3 heterocycles. The Morgan fingerprint density at radius 2 is 1.96 bits per heavy atom. The topological polar surface area (TPSA) is 63.1 Å². The molecule has 6 heteroatoms. The van der Waals surface area contributed by atoms with Gasteiger partial charge < -0.3 is 14.8 Å². The summed E-state index contributed by atoms with van der Waals surface area (Å²) in [5.41, 5.74) is 2.71. The van der Waals surface area contributed by atoms with Crippen LogP contribution in [-0.4, -0.2) is 40.3 Å². The average Bonchev–Trinajstić information content (AvgIpc) is 2.90. The van der Waals surface area contributed by atoms with Crippen LogP contribution in [0.25, 0.3) is 0 Å². The molecule has 132 valence electrons. The third-order valence-corrected chi connectivity index (χ3v) is 5.19. The minimum Gasteiger partial charge on any atom is -0.370 e. The van der Waals surface area contributed by atoms with Crippen LogP contribution in [0.3, 0.4) is 0 Å². The molecule has 0 unspecified atom stereocenters. The summed E-state index contributed by atoms with van der Waals surface area (Å²) in [7, 11) is 0. The number of hydrogen-bond acceptors (Lipinski definition) is 4. The van der Waals surface area contributed by atoms with E-state index in [2.05, 4.69) is 44.7 Å². The maximum Gasteiger partial charge on any atom is 0.289 e. The Bertz CT molecular complexity index is 754. The molecule has 4 rings (SSSR count). The van der Waals surface area contributed by atoms with E-state index in [4.69, 9.17) is 0 Å². The van der Waals surface area contributed by atoms with Crippen molar-refractivity contribution in [3.05, 3.63) is 41.5 Å². The summed E-state index contributed by atoms with van der Waals surface area (Å²) in [5.74, 6) is 1.31. The summed E-state index contributed by atoms with van der Waals surface area (Å²) in [6, 6.07) is 8.56. The largest absolute Gasteiger partial charge is 0.370 e. The Balaban J connectivity index is 1.37. The molecule has 0 aliphatic carbocycles. The third kappa shape index (κ3) is 3.38. The highest BCUT2D eigenvalue weighted by Crippen LogP contribution is 2.26. The number of benzene rings is 1. The van der Waals surface area contributed by atoms with Crippen LogP contribution in [0, 0.1) is 0 Å². The van der Waals surface area contributed by atoms with E-state index in [1.54, 1.807) is 0 Å². The molecule has 2 aliphatic heterocycles. The first-order chi connectivity index (χ1) is 12.3. The minimum absolute atomic E-state index is 0.106. The number of rotatable bonds is 4. The molecule has 0 saturated heterocycles. The Labute approximate surface area is 148 Å². The molecule has 0 atom stereocenters. The van der Waals surface area contributed by atoms with Crippen molar-refractivity contribution in [1.82, 2.24) is 20.1 Å². The maximum atomic E-state index is 12.5. The summed E-state index contributed by atoms with van der Waals surface area (Å²) in [6.45, 7) is 3.34. The fourth-order valence-corrected chi connectivity index (χ4v) is 3.88. The molecule has 25 heavy (non-hydrogen) atoms. The van der Waals surface area contributed by atoms with Gasteiger partial charge in [0.05, 0.1) is 0 Å². The standard InChI is InChI=1S/C19H25N5O/c25-19(18-22-21-17-10-2-1-5-13-24(17)18)20-11-14-23-12-6-8-15-7-3-4-9-16(15)23/h3-4,7,9H,1-2,5-6,8,10-14H2,(H,20,25). The molecular formula is C19H25N5O. The lowest BCUT2D eigenvalue weighted by Gasteiger charge is -2.31. The highest BCUT2D eigenvalue weighted by molar-refractivity contribution is 5.90. The zero-order valence-electron chi connectivity index (χ0n) is 14.6. The van der Waals surface area contributed by atoms with Crippen LogP contribution in [0.5, 0.6) is 0 Å². The first kappa shape index (κ1) is 16.1. The number of carbonyl (C=O) groups is 1. The Morgan fingerprint density at radius 3 is 2.92 bits per heavy atom. The summed E-state index contributed by atoms with van der Waals surface area (Å²) in [5, 5.41) is 11.4. The number of nitrogens with one attached hydrogen (secondary N) is 1. The Morgan fingerprint density at radius 1 is 1.04 bits per heavy atom. The van der Waals surface area contributed by atoms with Crippen LogP contribution in [0.1, 0.15) is 47.7 Å². The lowest BCUT2D eigenvalue weighted by Crippen LogP contribution is -2.38. The number of aromatic nitrogens is 3. The van der Waals surface area contributed by atoms with Gasteiger partial charge in [-0.15, -0.1) is 10.2 Å². The first-order valence-electron chi connectivity index (χ1n) is 9.36.